The van der Waals surface area contributed by atoms with Crippen molar-refractivity contribution in [3.8, 4) is 5.75 Å². The van der Waals surface area contributed by atoms with Crippen molar-refractivity contribution in [2.75, 3.05) is 12.4 Å². The highest BCUT2D eigenvalue weighted by molar-refractivity contribution is 7.07. The molecule has 3 heterocycles. The molecule has 2 aromatic carbocycles. The first-order valence-electron chi connectivity index (χ1n) is 12.4. The van der Waals surface area contributed by atoms with Gasteiger partial charge in [-0.15, -0.1) is 0 Å². The summed E-state index contributed by atoms with van der Waals surface area (Å²) in [4.78, 5) is 32.9. The maximum Gasteiger partial charge on any atom is 0.271 e. The summed E-state index contributed by atoms with van der Waals surface area (Å²) in [7, 11) is 1.60. The van der Waals surface area contributed by atoms with Crippen LogP contribution in [-0.2, 0) is 11.3 Å². The number of amides is 1. The molecule has 2 aromatic heterocycles. The van der Waals surface area contributed by atoms with Gasteiger partial charge in [0.15, 0.2) is 4.80 Å². The molecule has 1 N–H and O–H groups in total. The number of aryl methyl sites for hydroxylation is 3. The first-order valence-corrected chi connectivity index (χ1v) is 13.2. The van der Waals surface area contributed by atoms with E-state index in [1.54, 1.807) is 11.7 Å². The zero-order chi connectivity index (χ0) is 27.0. The van der Waals surface area contributed by atoms with Crippen molar-refractivity contribution < 1.29 is 9.53 Å². The minimum Gasteiger partial charge on any atom is -0.497 e. The van der Waals surface area contributed by atoms with Gasteiger partial charge in [0.25, 0.3) is 11.5 Å². The zero-order valence-electron chi connectivity index (χ0n) is 22.0. The fourth-order valence-corrected chi connectivity index (χ4v) is 5.63. The van der Waals surface area contributed by atoms with Gasteiger partial charge in [0.05, 0.1) is 34.6 Å². The molecule has 1 amide bonds. The Morgan fingerprint density at radius 1 is 1.13 bits per heavy atom. The van der Waals surface area contributed by atoms with E-state index in [-0.39, 0.29) is 11.5 Å². The second-order valence-electron chi connectivity index (χ2n) is 9.15. The highest BCUT2D eigenvalue weighted by atomic mass is 32.1. The number of ether oxygens (including phenoxy) is 1. The van der Waals surface area contributed by atoms with Crippen LogP contribution in [0.2, 0.25) is 0 Å². The van der Waals surface area contributed by atoms with E-state index in [2.05, 4.69) is 10.4 Å². The van der Waals surface area contributed by atoms with Gasteiger partial charge in [0, 0.05) is 24.0 Å². The molecule has 1 unspecified atom stereocenters. The molecule has 1 aliphatic rings. The van der Waals surface area contributed by atoms with Crippen molar-refractivity contribution in [2.24, 2.45) is 4.99 Å². The number of nitrogens with one attached hydrogen (secondary N) is 1. The van der Waals surface area contributed by atoms with Gasteiger partial charge in [-0.2, -0.15) is 5.10 Å². The van der Waals surface area contributed by atoms with E-state index in [1.807, 2.05) is 93.2 Å². The van der Waals surface area contributed by atoms with Crippen molar-refractivity contribution in [2.45, 2.75) is 40.3 Å². The summed E-state index contributed by atoms with van der Waals surface area (Å²) in [5.41, 5.74) is 4.97. The van der Waals surface area contributed by atoms with Crippen molar-refractivity contribution in [1.29, 1.82) is 0 Å². The SMILES string of the molecule is CCn1cc(C=c2sc3n(c2=O)C(c2ccc(OC)cc2)C(C(=O)Nc2ccccc2C)=C(C)N=3)c(C)n1. The van der Waals surface area contributed by atoms with Crippen LogP contribution in [0, 0.1) is 13.8 Å². The summed E-state index contributed by atoms with van der Waals surface area (Å²) in [6.45, 7) is 8.44. The predicted molar refractivity (Wildman–Crippen MR) is 149 cm³/mol. The molecular weight excluding hydrogens is 498 g/mol. The van der Waals surface area contributed by atoms with Crippen molar-refractivity contribution in [1.82, 2.24) is 14.3 Å². The minimum absolute atomic E-state index is 0.202. The van der Waals surface area contributed by atoms with Crippen LogP contribution in [0.5, 0.6) is 5.75 Å². The molecule has 8 nitrogen and oxygen atoms in total. The van der Waals surface area contributed by atoms with Gasteiger partial charge in [-0.05, 0) is 63.1 Å². The highest BCUT2D eigenvalue weighted by Gasteiger charge is 2.32. The summed E-state index contributed by atoms with van der Waals surface area (Å²) in [6, 6.07) is 14.4. The van der Waals surface area contributed by atoms with Crippen LogP contribution in [-0.4, -0.2) is 27.4 Å². The Morgan fingerprint density at radius 2 is 1.87 bits per heavy atom. The van der Waals surface area contributed by atoms with Crippen LogP contribution in [0.4, 0.5) is 5.69 Å². The van der Waals surface area contributed by atoms with E-state index in [0.717, 1.165) is 28.9 Å². The number of para-hydroxylation sites is 1. The van der Waals surface area contributed by atoms with Crippen molar-refractivity contribution in [3.05, 3.63) is 108 Å². The number of carbonyl (C=O) groups excluding carboxylic acids is 1. The Hall–Kier alpha value is -4.24. The van der Waals surface area contributed by atoms with Gasteiger partial charge in [0.1, 0.15) is 5.75 Å². The van der Waals surface area contributed by atoms with E-state index < -0.39 is 6.04 Å². The van der Waals surface area contributed by atoms with Crippen molar-refractivity contribution >= 4 is 29.0 Å². The number of thiazole rings is 1. The molecule has 1 atom stereocenters. The lowest BCUT2D eigenvalue weighted by Gasteiger charge is -2.25. The number of allylic oxidation sites excluding steroid dienone is 1. The Bertz CT molecular complexity index is 1740. The molecule has 1 aliphatic heterocycles. The third-order valence-electron chi connectivity index (χ3n) is 6.69. The fraction of sp³-hybridized carbons (Fsp3) is 0.241. The summed E-state index contributed by atoms with van der Waals surface area (Å²) in [5.74, 6) is 0.395. The maximum atomic E-state index is 13.9. The Labute approximate surface area is 224 Å². The van der Waals surface area contributed by atoms with Crippen LogP contribution in [0.15, 0.2) is 75.8 Å². The van der Waals surface area contributed by atoms with E-state index in [9.17, 15) is 9.59 Å². The molecule has 5 rings (SSSR count). The van der Waals surface area contributed by atoms with Gasteiger partial charge >= 0.3 is 0 Å². The zero-order valence-corrected chi connectivity index (χ0v) is 22.8. The second-order valence-corrected chi connectivity index (χ2v) is 10.2. The lowest BCUT2D eigenvalue weighted by Crippen LogP contribution is -2.40. The number of aromatic nitrogens is 3. The molecule has 0 radical (unpaired) electrons. The minimum atomic E-state index is -0.650. The third-order valence-corrected chi connectivity index (χ3v) is 7.67. The van der Waals surface area contributed by atoms with Gasteiger partial charge in [-0.25, -0.2) is 4.99 Å². The van der Waals surface area contributed by atoms with Gasteiger partial charge in [-0.3, -0.25) is 18.8 Å². The third kappa shape index (κ3) is 4.61. The molecule has 4 aromatic rings. The summed E-state index contributed by atoms with van der Waals surface area (Å²) >= 11 is 1.31. The van der Waals surface area contributed by atoms with Crippen LogP contribution in [0.1, 0.15) is 42.3 Å². The van der Waals surface area contributed by atoms with Crippen LogP contribution < -0.4 is 24.9 Å². The number of carbonyl (C=O) groups is 1. The Balaban J connectivity index is 1.67. The molecule has 0 bridgehead atoms. The van der Waals surface area contributed by atoms with Gasteiger partial charge in [0.2, 0.25) is 0 Å². The molecule has 38 heavy (non-hydrogen) atoms. The average molecular weight is 528 g/mol. The molecular formula is C29H29N5O3S. The lowest BCUT2D eigenvalue weighted by molar-refractivity contribution is -0.113. The maximum absolute atomic E-state index is 13.9. The summed E-state index contributed by atoms with van der Waals surface area (Å²) < 4.78 is 9.34. The number of anilines is 1. The number of hydrogen-bond donors (Lipinski definition) is 1. The highest BCUT2D eigenvalue weighted by Crippen LogP contribution is 2.32. The summed E-state index contributed by atoms with van der Waals surface area (Å²) in [6.07, 6.45) is 3.79. The first-order chi connectivity index (χ1) is 18.3. The van der Waals surface area contributed by atoms with Gasteiger partial charge in [-0.1, -0.05) is 41.7 Å². The Morgan fingerprint density at radius 3 is 2.53 bits per heavy atom. The molecule has 194 valence electrons. The molecule has 0 saturated heterocycles. The predicted octanol–water partition coefficient (Wildman–Crippen LogP) is 3.72. The topological polar surface area (TPSA) is 90.5 Å². The van der Waals surface area contributed by atoms with Crippen LogP contribution >= 0.6 is 11.3 Å². The molecule has 9 heteroatoms. The lowest BCUT2D eigenvalue weighted by atomic mass is 9.95. The van der Waals surface area contributed by atoms with E-state index in [1.165, 1.54) is 11.3 Å². The monoisotopic (exact) mass is 527 g/mol. The average Bonchev–Trinajstić information content (AvgIpc) is 3.42. The molecule has 0 fully saturated rings. The van der Waals surface area contributed by atoms with Crippen LogP contribution in [0.3, 0.4) is 0 Å². The standard InChI is InChI=1S/C29H29N5O3S/c1-6-33-16-21(18(3)32-33)15-24-28(36)34-26(20-11-13-22(37-5)14-12-20)25(19(4)30-29(34)38-24)27(35)31-23-10-8-7-9-17(23)2/h7-16,26H,6H2,1-5H3,(H,31,35). The number of fused-ring (bicyclic) bond motifs is 1. The van der Waals surface area contributed by atoms with E-state index in [4.69, 9.17) is 9.73 Å². The Kier molecular flexibility index (Phi) is 6.86. The number of nitrogens with zero attached hydrogens (tertiary/aromatic N) is 4. The molecule has 0 saturated carbocycles. The molecule has 0 aliphatic carbocycles. The first kappa shape index (κ1) is 25.4. The number of rotatable bonds is 6. The second kappa shape index (κ2) is 10.3. The quantitative estimate of drug-likeness (QED) is 0.414. The number of hydrogen-bond acceptors (Lipinski definition) is 6. The van der Waals surface area contributed by atoms with Crippen LogP contribution in [0.25, 0.3) is 6.08 Å². The van der Waals surface area contributed by atoms with Crippen molar-refractivity contribution in [3.63, 3.8) is 0 Å². The normalized spacial score (nSPS) is 15.3. The van der Waals surface area contributed by atoms with Gasteiger partial charge < -0.3 is 10.1 Å². The largest absolute Gasteiger partial charge is 0.497 e. The smallest absolute Gasteiger partial charge is 0.271 e. The van der Waals surface area contributed by atoms with E-state index >= 15 is 0 Å². The summed E-state index contributed by atoms with van der Waals surface area (Å²) in [5, 5.41) is 7.53. The number of methoxy groups -OCH3 is 1. The molecule has 0 spiro atoms. The number of benzene rings is 2. The fourth-order valence-electron chi connectivity index (χ4n) is 4.59. The van der Waals surface area contributed by atoms with E-state index in [0.29, 0.717) is 32.0 Å².